The number of fused-ring (bicyclic) bond motifs is 1. The van der Waals surface area contributed by atoms with Crippen molar-refractivity contribution in [1.29, 1.82) is 0 Å². The van der Waals surface area contributed by atoms with Crippen LogP contribution in [-0.2, 0) is 6.54 Å². The van der Waals surface area contributed by atoms with Crippen LogP contribution < -0.4 is 5.32 Å². The number of aromatic nitrogens is 2. The number of nitrogens with one attached hydrogen (secondary N) is 2. The Morgan fingerprint density at radius 3 is 3.18 bits per heavy atom. The molecule has 0 aliphatic heterocycles. The molecule has 86 valence electrons. The first kappa shape index (κ1) is 10.5. The van der Waals surface area contributed by atoms with E-state index in [1.165, 1.54) is 20.7 Å². The minimum absolute atomic E-state index is 0.0281. The highest BCUT2D eigenvalue weighted by Crippen LogP contribution is 2.29. The van der Waals surface area contributed by atoms with Gasteiger partial charge in [-0.15, -0.1) is 22.7 Å². The zero-order valence-corrected chi connectivity index (χ0v) is 10.4. The predicted octanol–water partition coefficient (Wildman–Crippen LogP) is 2.62. The van der Waals surface area contributed by atoms with Crippen molar-refractivity contribution in [2.24, 2.45) is 0 Å². The van der Waals surface area contributed by atoms with E-state index in [-0.39, 0.29) is 5.91 Å². The second-order valence-corrected chi connectivity index (χ2v) is 5.58. The molecule has 0 aliphatic rings. The fourth-order valence-corrected chi connectivity index (χ4v) is 3.55. The van der Waals surface area contributed by atoms with Crippen LogP contribution in [0.4, 0.5) is 0 Å². The third-order valence-corrected chi connectivity index (χ3v) is 4.46. The Labute approximate surface area is 105 Å². The molecule has 0 atom stereocenters. The van der Waals surface area contributed by atoms with Gasteiger partial charge in [0.05, 0.1) is 11.1 Å². The SMILES string of the molecule is O=C(NCc1cn[nH]c1)c1cc2sccc2s1. The van der Waals surface area contributed by atoms with E-state index < -0.39 is 0 Å². The van der Waals surface area contributed by atoms with E-state index in [1.807, 2.05) is 17.5 Å². The number of rotatable bonds is 3. The maximum atomic E-state index is 11.9. The summed E-state index contributed by atoms with van der Waals surface area (Å²) in [7, 11) is 0. The quantitative estimate of drug-likeness (QED) is 0.763. The molecule has 17 heavy (non-hydrogen) atoms. The van der Waals surface area contributed by atoms with Crippen molar-refractivity contribution < 1.29 is 4.79 Å². The van der Waals surface area contributed by atoms with Crippen LogP contribution in [0.2, 0.25) is 0 Å². The van der Waals surface area contributed by atoms with Gasteiger partial charge in [0.1, 0.15) is 0 Å². The van der Waals surface area contributed by atoms with E-state index in [4.69, 9.17) is 0 Å². The normalized spacial score (nSPS) is 10.8. The predicted molar refractivity (Wildman–Crippen MR) is 69.5 cm³/mol. The van der Waals surface area contributed by atoms with Crippen molar-refractivity contribution in [3.8, 4) is 0 Å². The van der Waals surface area contributed by atoms with E-state index in [1.54, 1.807) is 23.7 Å². The second-order valence-electron chi connectivity index (χ2n) is 3.55. The summed E-state index contributed by atoms with van der Waals surface area (Å²) < 4.78 is 2.34. The van der Waals surface area contributed by atoms with Gasteiger partial charge in [-0.1, -0.05) is 0 Å². The summed E-state index contributed by atoms with van der Waals surface area (Å²) in [4.78, 5) is 12.6. The maximum Gasteiger partial charge on any atom is 0.261 e. The van der Waals surface area contributed by atoms with Gasteiger partial charge in [-0.05, 0) is 17.5 Å². The van der Waals surface area contributed by atoms with Crippen LogP contribution in [-0.4, -0.2) is 16.1 Å². The third-order valence-electron chi connectivity index (χ3n) is 2.37. The van der Waals surface area contributed by atoms with Crippen molar-refractivity contribution in [1.82, 2.24) is 15.5 Å². The zero-order valence-electron chi connectivity index (χ0n) is 8.77. The Kier molecular flexibility index (Phi) is 2.66. The molecule has 3 heterocycles. The van der Waals surface area contributed by atoms with Gasteiger partial charge in [0.25, 0.3) is 5.91 Å². The average molecular weight is 263 g/mol. The molecule has 2 N–H and O–H groups in total. The van der Waals surface area contributed by atoms with E-state index >= 15 is 0 Å². The highest BCUT2D eigenvalue weighted by atomic mass is 32.1. The van der Waals surface area contributed by atoms with Crippen molar-refractivity contribution >= 4 is 38.0 Å². The molecule has 0 spiro atoms. The van der Waals surface area contributed by atoms with Crippen LogP contribution >= 0.6 is 22.7 Å². The summed E-state index contributed by atoms with van der Waals surface area (Å²) in [5.74, 6) is -0.0281. The van der Waals surface area contributed by atoms with E-state index in [2.05, 4.69) is 15.5 Å². The number of amides is 1. The number of H-pyrrole nitrogens is 1. The molecule has 3 rings (SSSR count). The fourth-order valence-electron chi connectivity index (χ4n) is 1.52. The summed E-state index contributed by atoms with van der Waals surface area (Å²) in [5.41, 5.74) is 0.969. The summed E-state index contributed by atoms with van der Waals surface area (Å²) in [6, 6.07) is 3.98. The lowest BCUT2D eigenvalue weighted by atomic mass is 10.3. The molecule has 3 aromatic heterocycles. The smallest absolute Gasteiger partial charge is 0.261 e. The highest BCUT2D eigenvalue weighted by molar-refractivity contribution is 7.27. The molecule has 0 unspecified atom stereocenters. The monoisotopic (exact) mass is 263 g/mol. The number of hydrogen-bond donors (Lipinski definition) is 2. The van der Waals surface area contributed by atoms with E-state index in [0.717, 1.165) is 10.4 Å². The first-order valence-corrected chi connectivity index (χ1v) is 6.75. The molecular weight excluding hydrogens is 254 g/mol. The van der Waals surface area contributed by atoms with Crippen LogP contribution in [0.25, 0.3) is 9.40 Å². The number of carbonyl (C=O) groups excluding carboxylic acids is 1. The lowest BCUT2D eigenvalue weighted by molar-refractivity contribution is 0.0955. The molecule has 1 amide bonds. The van der Waals surface area contributed by atoms with Crippen molar-refractivity contribution in [2.75, 3.05) is 0 Å². The Hall–Kier alpha value is -1.66. The van der Waals surface area contributed by atoms with Gasteiger partial charge < -0.3 is 5.32 Å². The summed E-state index contributed by atoms with van der Waals surface area (Å²) in [6.45, 7) is 0.501. The van der Waals surface area contributed by atoms with Gasteiger partial charge >= 0.3 is 0 Å². The van der Waals surface area contributed by atoms with Crippen LogP contribution in [0, 0.1) is 0 Å². The van der Waals surface area contributed by atoms with Crippen LogP contribution in [0.1, 0.15) is 15.2 Å². The molecule has 6 heteroatoms. The van der Waals surface area contributed by atoms with Gasteiger partial charge in [-0.3, -0.25) is 9.89 Å². The second kappa shape index (κ2) is 4.31. The highest BCUT2D eigenvalue weighted by Gasteiger charge is 2.10. The Morgan fingerprint density at radius 1 is 1.47 bits per heavy atom. The fraction of sp³-hybridized carbons (Fsp3) is 0.0909. The van der Waals surface area contributed by atoms with E-state index in [0.29, 0.717) is 6.54 Å². The zero-order chi connectivity index (χ0) is 11.7. The number of thiophene rings is 2. The van der Waals surface area contributed by atoms with Gasteiger partial charge in [0, 0.05) is 27.7 Å². The van der Waals surface area contributed by atoms with Crippen LogP contribution in [0.15, 0.2) is 29.9 Å². The van der Waals surface area contributed by atoms with Gasteiger partial charge in [0.15, 0.2) is 0 Å². The van der Waals surface area contributed by atoms with Crippen molar-refractivity contribution in [3.05, 3.63) is 40.3 Å². The summed E-state index contributed by atoms with van der Waals surface area (Å²) in [5, 5.41) is 11.4. The first-order valence-electron chi connectivity index (χ1n) is 5.06. The molecule has 0 saturated carbocycles. The molecule has 0 radical (unpaired) electrons. The van der Waals surface area contributed by atoms with E-state index in [9.17, 15) is 4.79 Å². The minimum Gasteiger partial charge on any atom is -0.347 e. The van der Waals surface area contributed by atoms with Gasteiger partial charge in [-0.25, -0.2) is 0 Å². The molecule has 0 fully saturated rings. The standard InChI is InChI=1S/C11H9N3OS2/c15-11(12-4-7-5-13-14-6-7)10-3-9-8(17-10)1-2-16-9/h1-3,5-6H,4H2,(H,12,15)(H,13,14). The largest absolute Gasteiger partial charge is 0.347 e. The van der Waals surface area contributed by atoms with Crippen LogP contribution in [0.3, 0.4) is 0 Å². The van der Waals surface area contributed by atoms with Crippen molar-refractivity contribution in [2.45, 2.75) is 6.54 Å². The molecule has 0 bridgehead atoms. The number of nitrogens with zero attached hydrogens (tertiary/aromatic N) is 1. The molecule has 3 aromatic rings. The third kappa shape index (κ3) is 2.09. The summed E-state index contributed by atoms with van der Waals surface area (Å²) in [6.07, 6.45) is 3.47. The molecule has 4 nitrogen and oxygen atoms in total. The Balaban J connectivity index is 1.72. The lowest BCUT2D eigenvalue weighted by Gasteiger charge is -1.99. The first-order chi connectivity index (χ1) is 8.33. The number of aromatic amines is 1. The molecule has 0 saturated heterocycles. The van der Waals surface area contributed by atoms with Crippen LogP contribution in [0.5, 0.6) is 0 Å². The number of hydrogen-bond acceptors (Lipinski definition) is 4. The minimum atomic E-state index is -0.0281. The summed E-state index contributed by atoms with van der Waals surface area (Å²) >= 11 is 3.18. The van der Waals surface area contributed by atoms with Gasteiger partial charge in [-0.2, -0.15) is 5.10 Å². The lowest BCUT2D eigenvalue weighted by Crippen LogP contribution is -2.21. The average Bonchev–Trinajstić information content (AvgIpc) is 3.01. The number of carbonyl (C=O) groups is 1. The molecule has 0 aliphatic carbocycles. The Morgan fingerprint density at radius 2 is 2.41 bits per heavy atom. The maximum absolute atomic E-state index is 11.9. The van der Waals surface area contributed by atoms with Gasteiger partial charge in [0.2, 0.25) is 0 Å². The molecular formula is C11H9N3OS2. The Bertz CT molecular complexity index is 610. The topological polar surface area (TPSA) is 57.8 Å². The molecule has 0 aromatic carbocycles. The van der Waals surface area contributed by atoms with Crippen molar-refractivity contribution in [3.63, 3.8) is 0 Å².